The summed E-state index contributed by atoms with van der Waals surface area (Å²) < 4.78 is 6.32. The molecule has 1 unspecified atom stereocenters. The Morgan fingerprint density at radius 2 is 2.15 bits per heavy atom. The summed E-state index contributed by atoms with van der Waals surface area (Å²) in [5.41, 5.74) is 0.944. The number of aliphatic hydroxyl groups is 1. The van der Waals surface area contributed by atoms with E-state index in [-0.39, 0.29) is 0 Å². The van der Waals surface area contributed by atoms with E-state index in [0.717, 1.165) is 55.8 Å². The van der Waals surface area contributed by atoms with Crippen molar-refractivity contribution in [3.63, 3.8) is 0 Å². The number of nitrogens with one attached hydrogen (secondary N) is 1. The molecule has 1 aromatic carbocycles. The normalized spacial score (nSPS) is 18.1. The Morgan fingerprint density at radius 1 is 1.35 bits per heavy atom. The highest BCUT2D eigenvalue weighted by Crippen LogP contribution is 2.17. The molecule has 5 heteroatoms. The van der Waals surface area contributed by atoms with E-state index in [4.69, 9.17) is 4.74 Å². The number of rotatable bonds is 7. The number of hydrogen-bond acceptors (Lipinski definition) is 4. The van der Waals surface area contributed by atoms with Crippen LogP contribution in [0, 0.1) is 0 Å². The quantitative estimate of drug-likeness (QED) is 0.741. The number of morpholine rings is 1. The highest BCUT2D eigenvalue weighted by molar-refractivity contribution is 9.10. The summed E-state index contributed by atoms with van der Waals surface area (Å²) in [5, 5.41) is 13.4. The summed E-state index contributed by atoms with van der Waals surface area (Å²) in [6.07, 6.45) is 0.654. The Labute approximate surface area is 129 Å². The molecule has 0 aliphatic carbocycles. The standard InChI is InChI=1S/C15H23BrN2O2/c16-14-4-1-3-13(11-14)15(19)12-17-5-2-6-18-7-9-20-10-8-18/h1,3-4,11,15,17,19H,2,5-10,12H2. The maximum Gasteiger partial charge on any atom is 0.0914 e. The lowest BCUT2D eigenvalue weighted by atomic mass is 10.1. The van der Waals surface area contributed by atoms with Crippen LogP contribution in [0.3, 0.4) is 0 Å². The van der Waals surface area contributed by atoms with Crippen molar-refractivity contribution in [1.29, 1.82) is 0 Å². The van der Waals surface area contributed by atoms with E-state index in [0.29, 0.717) is 6.54 Å². The average molecular weight is 343 g/mol. The minimum absolute atomic E-state index is 0.448. The molecule has 2 rings (SSSR count). The van der Waals surface area contributed by atoms with Gasteiger partial charge in [-0.25, -0.2) is 0 Å². The number of benzene rings is 1. The van der Waals surface area contributed by atoms with Crippen LogP contribution in [0.4, 0.5) is 0 Å². The maximum absolute atomic E-state index is 10.1. The van der Waals surface area contributed by atoms with Gasteiger partial charge in [-0.1, -0.05) is 28.1 Å². The molecule has 0 radical (unpaired) electrons. The number of nitrogens with zero attached hydrogens (tertiary/aromatic N) is 1. The van der Waals surface area contributed by atoms with Crippen molar-refractivity contribution in [2.75, 3.05) is 45.9 Å². The SMILES string of the molecule is OC(CNCCCN1CCOCC1)c1cccc(Br)c1. The first kappa shape index (κ1) is 15.9. The van der Waals surface area contributed by atoms with Crippen LogP contribution in [-0.4, -0.2) is 55.9 Å². The molecule has 20 heavy (non-hydrogen) atoms. The fourth-order valence-electron chi connectivity index (χ4n) is 2.32. The third kappa shape index (κ3) is 5.50. The largest absolute Gasteiger partial charge is 0.387 e. The van der Waals surface area contributed by atoms with Gasteiger partial charge in [0, 0.05) is 24.1 Å². The number of halogens is 1. The summed E-state index contributed by atoms with van der Waals surface area (Å²) in [4.78, 5) is 2.43. The van der Waals surface area contributed by atoms with Crippen molar-refractivity contribution in [2.24, 2.45) is 0 Å². The monoisotopic (exact) mass is 342 g/mol. The Kier molecular flexibility index (Phi) is 6.96. The zero-order chi connectivity index (χ0) is 14.2. The Hall–Kier alpha value is -0.460. The second kappa shape index (κ2) is 8.74. The average Bonchev–Trinajstić information content (AvgIpc) is 2.48. The van der Waals surface area contributed by atoms with Crippen LogP contribution < -0.4 is 5.32 Å². The van der Waals surface area contributed by atoms with E-state index < -0.39 is 6.10 Å². The summed E-state index contributed by atoms with van der Waals surface area (Å²) in [6, 6.07) is 7.82. The Morgan fingerprint density at radius 3 is 2.90 bits per heavy atom. The molecule has 1 aliphatic heterocycles. The molecule has 0 bridgehead atoms. The van der Waals surface area contributed by atoms with Crippen LogP contribution in [0.15, 0.2) is 28.7 Å². The maximum atomic E-state index is 10.1. The van der Waals surface area contributed by atoms with E-state index in [1.165, 1.54) is 0 Å². The van der Waals surface area contributed by atoms with Crippen molar-refractivity contribution >= 4 is 15.9 Å². The topological polar surface area (TPSA) is 44.7 Å². The van der Waals surface area contributed by atoms with Gasteiger partial charge >= 0.3 is 0 Å². The first-order valence-electron chi connectivity index (χ1n) is 7.20. The number of aliphatic hydroxyl groups excluding tert-OH is 1. The minimum Gasteiger partial charge on any atom is -0.387 e. The van der Waals surface area contributed by atoms with Gasteiger partial charge in [0.15, 0.2) is 0 Å². The summed E-state index contributed by atoms with van der Waals surface area (Å²) in [5.74, 6) is 0. The third-order valence-electron chi connectivity index (χ3n) is 3.50. The molecule has 0 amide bonds. The van der Waals surface area contributed by atoms with Crippen molar-refractivity contribution < 1.29 is 9.84 Å². The van der Waals surface area contributed by atoms with Gasteiger partial charge in [-0.05, 0) is 37.2 Å². The van der Waals surface area contributed by atoms with Gasteiger partial charge in [0.2, 0.25) is 0 Å². The lowest BCUT2D eigenvalue weighted by molar-refractivity contribution is 0.0373. The first-order chi connectivity index (χ1) is 9.75. The molecule has 1 fully saturated rings. The van der Waals surface area contributed by atoms with Gasteiger partial charge in [-0.2, -0.15) is 0 Å². The lowest BCUT2D eigenvalue weighted by Crippen LogP contribution is -2.37. The van der Waals surface area contributed by atoms with Crippen molar-refractivity contribution in [3.05, 3.63) is 34.3 Å². The van der Waals surface area contributed by atoms with Crippen LogP contribution in [0.5, 0.6) is 0 Å². The van der Waals surface area contributed by atoms with Crippen molar-refractivity contribution in [3.8, 4) is 0 Å². The summed E-state index contributed by atoms with van der Waals surface area (Å²) >= 11 is 3.42. The number of ether oxygens (including phenoxy) is 1. The molecule has 4 nitrogen and oxygen atoms in total. The Bertz CT molecular complexity index is 397. The molecule has 112 valence electrons. The minimum atomic E-state index is -0.448. The van der Waals surface area contributed by atoms with E-state index in [1.54, 1.807) is 0 Å². The molecule has 1 aromatic rings. The molecule has 0 spiro atoms. The van der Waals surface area contributed by atoms with E-state index in [1.807, 2.05) is 24.3 Å². The first-order valence-corrected chi connectivity index (χ1v) is 7.99. The van der Waals surface area contributed by atoms with Gasteiger partial charge in [0.1, 0.15) is 0 Å². The highest BCUT2D eigenvalue weighted by atomic mass is 79.9. The summed E-state index contributed by atoms with van der Waals surface area (Å²) in [6.45, 7) is 6.43. The second-order valence-electron chi connectivity index (χ2n) is 5.08. The van der Waals surface area contributed by atoms with Gasteiger partial charge in [0.05, 0.1) is 19.3 Å². The zero-order valence-electron chi connectivity index (χ0n) is 11.7. The second-order valence-corrected chi connectivity index (χ2v) is 6.00. The van der Waals surface area contributed by atoms with Gasteiger partial charge in [-0.3, -0.25) is 4.90 Å². The fourth-order valence-corrected chi connectivity index (χ4v) is 2.74. The molecular weight excluding hydrogens is 320 g/mol. The molecule has 0 saturated carbocycles. The summed E-state index contributed by atoms with van der Waals surface area (Å²) in [7, 11) is 0. The molecule has 1 saturated heterocycles. The van der Waals surface area contributed by atoms with Crippen molar-refractivity contribution in [1.82, 2.24) is 10.2 Å². The van der Waals surface area contributed by atoms with Gasteiger partial charge in [0.25, 0.3) is 0 Å². The third-order valence-corrected chi connectivity index (χ3v) is 4.00. The van der Waals surface area contributed by atoms with Crippen LogP contribution in [0.2, 0.25) is 0 Å². The Balaban J connectivity index is 1.58. The van der Waals surface area contributed by atoms with Crippen molar-refractivity contribution in [2.45, 2.75) is 12.5 Å². The van der Waals surface area contributed by atoms with Crippen LogP contribution in [0.1, 0.15) is 18.1 Å². The highest BCUT2D eigenvalue weighted by Gasteiger charge is 2.10. The van der Waals surface area contributed by atoms with Crippen LogP contribution in [-0.2, 0) is 4.74 Å². The smallest absolute Gasteiger partial charge is 0.0914 e. The zero-order valence-corrected chi connectivity index (χ0v) is 13.3. The van der Waals surface area contributed by atoms with Crippen LogP contribution in [0.25, 0.3) is 0 Å². The number of hydrogen-bond donors (Lipinski definition) is 2. The molecule has 1 atom stereocenters. The predicted molar refractivity (Wildman–Crippen MR) is 83.8 cm³/mol. The molecule has 2 N–H and O–H groups in total. The molecule has 0 aromatic heterocycles. The van der Waals surface area contributed by atoms with E-state index in [2.05, 4.69) is 26.1 Å². The van der Waals surface area contributed by atoms with Gasteiger partial charge in [-0.15, -0.1) is 0 Å². The molecule has 1 heterocycles. The molecule has 1 aliphatic rings. The fraction of sp³-hybridized carbons (Fsp3) is 0.600. The van der Waals surface area contributed by atoms with E-state index in [9.17, 15) is 5.11 Å². The van der Waals surface area contributed by atoms with Crippen LogP contribution >= 0.6 is 15.9 Å². The molecular formula is C15H23BrN2O2. The predicted octanol–water partition coefficient (Wildman–Crippen LogP) is 1.79. The van der Waals surface area contributed by atoms with Gasteiger partial charge < -0.3 is 15.2 Å². The lowest BCUT2D eigenvalue weighted by Gasteiger charge is -2.26. The van der Waals surface area contributed by atoms with E-state index >= 15 is 0 Å².